The molecule has 0 aliphatic carbocycles. The molecule has 0 aliphatic rings. The van der Waals surface area contributed by atoms with Crippen LogP contribution >= 0.6 is 27.5 Å². The van der Waals surface area contributed by atoms with E-state index in [1.165, 1.54) is 0 Å². The Hall–Kier alpha value is -1.52. The van der Waals surface area contributed by atoms with Crippen LogP contribution in [0.1, 0.15) is 18.9 Å². The number of halogens is 2. The Bertz CT molecular complexity index is 675. The van der Waals surface area contributed by atoms with Crippen molar-refractivity contribution in [2.75, 3.05) is 5.32 Å². The molecule has 2 rings (SSSR count). The van der Waals surface area contributed by atoms with E-state index in [1.807, 2.05) is 38.1 Å². The van der Waals surface area contributed by atoms with Gasteiger partial charge in [-0.15, -0.1) is 0 Å². The fourth-order valence-corrected chi connectivity index (χ4v) is 2.40. The normalized spacial score (nSPS) is 11.8. The van der Waals surface area contributed by atoms with E-state index in [9.17, 15) is 4.79 Å². The van der Waals surface area contributed by atoms with Crippen molar-refractivity contribution in [3.05, 3.63) is 57.5 Å². The summed E-state index contributed by atoms with van der Waals surface area (Å²) in [5.74, 6) is 0.498. The highest BCUT2D eigenvalue weighted by Crippen LogP contribution is 2.26. The molecule has 0 radical (unpaired) electrons. The number of benzene rings is 2. The van der Waals surface area contributed by atoms with Crippen LogP contribution in [0.2, 0.25) is 5.02 Å². The molecular formula is C17H17BrClNO2. The van der Waals surface area contributed by atoms with Crippen LogP contribution in [0.25, 0.3) is 0 Å². The second-order valence-corrected chi connectivity index (χ2v) is 6.21. The summed E-state index contributed by atoms with van der Waals surface area (Å²) in [6.45, 7) is 3.90. The number of carbonyl (C=O) groups is 1. The van der Waals surface area contributed by atoms with Gasteiger partial charge in [0.1, 0.15) is 5.75 Å². The number of anilines is 1. The molecule has 1 amide bonds. The molecule has 0 spiro atoms. The molecule has 0 fully saturated rings. The zero-order valence-electron chi connectivity index (χ0n) is 12.4. The molecule has 0 aromatic heterocycles. The lowest BCUT2D eigenvalue weighted by molar-refractivity contribution is -0.122. The molecular weight excluding hydrogens is 366 g/mol. The maximum absolute atomic E-state index is 12.3. The monoisotopic (exact) mass is 381 g/mol. The van der Waals surface area contributed by atoms with Crippen LogP contribution in [0.3, 0.4) is 0 Å². The van der Waals surface area contributed by atoms with E-state index in [0.717, 1.165) is 10.0 Å². The lowest BCUT2D eigenvalue weighted by Gasteiger charge is -2.17. The number of ether oxygens (including phenoxy) is 1. The van der Waals surface area contributed by atoms with Gasteiger partial charge < -0.3 is 10.1 Å². The van der Waals surface area contributed by atoms with Gasteiger partial charge in [-0.25, -0.2) is 0 Å². The third kappa shape index (κ3) is 4.49. The topological polar surface area (TPSA) is 38.3 Å². The summed E-state index contributed by atoms with van der Waals surface area (Å²) in [7, 11) is 0. The Kier molecular flexibility index (Phi) is 5.86. The Morgan fingerprint density at radius 3 is 2.73 bits per heavy atom. The van der Waals surface area contributed by atoms with Gasteiger partial charge in [0.05, 0.1) is 5.02 Å². The molecule has 0 aliphatic heterocycles. The second-order valence-electron chi connectivity index (χ2n) is 4.95. The number of hydrogen-bond acceptors (Lipinski definition) is 2. The fraction of sp³-hybridized carbons (Fsp3) is 0.235. The Morgan fingerprint density at radius 2 is 2.09 bits per heavy atom. The van der Waals surface area contributed by atoms with Crippen molar-refractivity contribution in [1.29, 1.82) is 0 Å². The molecule has 1 atom stereocenters. The summed E-state index contributed by atoms with van der Waals surface area (Å²) in [6.07, 6.45) is 0.0218. The Labute approximate surface area is 143 Å². The highest BCUT2D eigenvalue weighted by Gasteiger charge is 2.18. The van der Waals surface area contributed by atoms with Crippen molar-refractivity contribution in [3.8, 4) is 5.75 Å². The van der Waals surface area contributed by atoms with Gasteiger partial charge in [0, 0.05) is 10.2 Å². The number of amides is 1. The zero-order valence-corrected chi connectivity index (χ0v) is 14.7. The van der Waals surface area contributed by atoms with Crippen LogP contribution in [0.5, 0.6) is 5.75 Å². The first kappa shape index (κ1) is 16.8. The van der Waals surface area contributed by atoms with Crippen LogP contribution in [-0.2, 0) is 4.79 Å². The van der Waals surface area contributed by atoms with E-state index < -0.39 is 6.10 Å². The van der Waals surface area contributed by atoms with Crippen LogP contribution < -0.4 is 10.1 Å². The smallest absolute Gasteiger partial charge is 0.265 e. The molecule has 0 bridgehead atoms. The summed E-state index contributed by atoms with van der Waals surface area (Å²) >= 11 is 9.35. The fourth-order valence-electron chi connectivity index (χ4n) is 1.97. The summed E-state index contributed by atoms with van der Waals surface area (Å²) in [4.78, 5) is 12.3. The second kappa shape index (κ2) is 7.65. The van der Waals surface area contributed by atoms with Gasteiger partial charge in [-0.1, -0.05) is 30.7 Å². The highest BCUT2D eigenvalue weighted by atomic mass is 79.9. The number of rotatable bonds is 5. The van der Waals surface area contributed by atoms with E-state index >= 15 is 0 Å². The van der Waals surface area contributed by atoms with Gasteiger partial charge in [-0.05, 0) is 65.2 Å². The summed E-state index contributed by atoms with van der Waals surface area (Å²) in [6, 6.07) is 12.9. The lowest BCUT2D eigenvalue weighted by Crippen LogP contribution is -2.32. The predicted molar refractivity (Wildman–Crippen MR) is 93.7 cm³/mol. The van der Waals surface area contributed by atoms with Crippen molar-refractivity contribution in [3.63, 3.8) is 0 Å². The molecule has 2 aromatic rings. The minimum absolute atomic E-state index is 0.192. The van der Waals surface area contributed by atoms with E-state index in [4.69, 9.17) is 16.3 Å². The SMILES string of the molecule is CC[C@@H](Oc1cccc(C)c1)C(=O)Nc1ccc(Br)c(Cl)c1. The largest absolute Gasteiger partial charge is 0.481 e. The van der Waals surface area contributed by atoms with Crippen molar-refractivity contribution in [2.45, 2.75) is 26.4 Å². The Balaban J connectivity index is 2.06. The minimum Gasteiger partial charge on any atom is -0.481 e. The van der Waals surface area contributed by atoms with Gasteiger partial charge >= 0.3 is 0 Å². The van der Waals surface area contributed by atoms with E-state index in [1.54, 1.807) is 18.2 Å². The first-order valence-corrected chi connectivity index (χ1v) is 8.16. The lowest BCUT2D eigenvalue weighted by atomic mass is 10.2. The molecule has 0 unspecified atom stereocenters. The molecule has 5 heteroatoms. The van der Waals surface area contributed by atoms with Gasteiger partial charge in [0.15, 0.2) is 6.10 Å². The van der Waals surface area contributed by atoms with E-state index in [2.05, 4.69) is 21.2 Å². The molecule has 0 heterocycles. The van der Waals surface area contributed by atoms with Gasteiger partial charge in [0.25, 0.3) is 5.91 Å². The summed E-state index contributed by atoms with van der Waals surface area (Å²) in [5.41, 5.74) is 1.73. The third-order valence-electron chi connectivity index (χ3n) is 3.12. The first-order chi connectivity index (χ1) is 10.5. The first-order valence-electron chi connectivity index (χ1n) is 6.99. The molecule has 2 aromatic carbocycles. The van der Waals surface area contributed by atoms with E-state index in [-0.39, 0.29) is 5.91 Å². The van der Waals surface area contributed by atoms with Gasteiger partial charge in [0.2, 0.25) is 0 Å². The molecule has 0 saturated carbocycles. The molecule has 116 valence electrons. The summed E-state index contributed by atoms with van der Waals surface area (Å²) in [5, 5.41) is 3.37. The maximum atomic E-state index is 12.3. The van der Waals surface area contributed by atoms with Gasteiger partial charge in [-0.2, -0.15) is 0 Å². The number of carbonyl (C=O) groups excluding carboxylic acids is 1. The van der Waals surface area contributed by atoms with Crippen molar-refractivity contribution in [1.82, 2.24) is 0 Å². The molecule has 0 saturated heterocycles. The van der Waals surface area contributed by atoms with Gasteiger partial charge in [-0.3, -0.25) is 4.79 Å². The maximum Gasteiger partial charge on any atom is 0.265 e. The van der Waals surface area contributed by atoms with Crippen molar-refractivity contribution in [2.24, 2.45) is 0 Å². The number of hydrogen-bond donors (Lipinski definition) is 1. The Morgan fingerprint density at radius 1 is 1.32 bits per heavy atom. The zero-order chi connectivity index (χ0) is 16.1. The molecule has 3 nitrogen and oxygen atoms in total. The minimum atomic E-state index is -0.552. The number of aryl methyl sites for hydroxylation is 1. The average molecular weight is 383 g/mol. The highest BCUT2D eigenvalue weighted by molar-refractivity contribution is 9.10. The molecule has 1 N–H and O–H groups in total. The third-order valence-corrected chi connectivity index (χ3v) is 4.35. The van der Waals surface area contributed by atoms with Crippen molar-refractivity contribution >= 4 is 39.1 Å². The van der Waals surface area contributed by atoms with Crippen LogP contribution in [0.15, 0.2) is 46.9 Å². The average Bonchev–Trinajstić information content (AvgIpc) is 2.48. The predicted octanol–water partition coefficient (Wildman–Crippen LogP) is 5.21. The van der Waals surface area contributed by atoms with Crippen LogP contribution in [0, 0.1) is 6.92 Å². The van der Waals surface area contributed by atoms with Crippen molar-refractivity contribution < 1.29 is 9.53 Å². The summed E-state index contributed by atoms with van der Waals surface area (Å²) < 4.78 is 6.57. The number of nitrogens with one attached hydrogen (secondary N) is 1. The quantitative estimate of drug-likeness (QED) is 0.771. The standard InChI is InChI=1S/C17H17BrClNO2/c1-3-16(22-13-6-4-5-11(2)9-13)17(21)20-12-7-8-14(18)15(19)10-12/h4-10,16H,3H2,1-2H3,(H,20,21)/t16-/m1/s1. The van der Waals surface area contributed by atoms with E-state index in [0.29, 0.717) is 22.9 Å². The van der Waals surface area contributed by atoms with Crippen LogP contribution in [-0.4, -0.2) is 12.0 Å². The van der Waals surface area contributed by atoms with Crippen LogP contribution in [0.4, 0.5) is 5.69 Å². The molecule has 22 heavy (non-hydrogen) atoms.